The summed E-state index contributed by atoms with van der Waals surface area (Å²) in [5, 5.41) is 6.13. The Balaban J connectivity index is 2.11. The van der Waals surface area contributed by atoms with Crippen molar-refractivity contribution in [3.63, 3.8) is 0 Å². The first-order valence-electron chi connectivity index (χ1n) is 4.27. The van der Waals surface area contributed by atoms with E-state index in [4.69, 9.17) is 4.52 Å². The maximum atomic E-state index is 11.5. The molecule has 0 aliphatic rings. The van der Waals surface area contributed by atoms with Crippen molar-refractivity contribution in [3.05, 3.63) is 36.1 Å². The lowest BCUT2D eigenvalue weighted by Gasteiger charge is -1.97. The van der Waals surface area contributed by atoms with E-state index in [0.29, 0.717) is 11.6 Å². The quantitative estimate of drug-likeness (QED) is 0.789. The number of rotatable bonds is 2. The molecule has 0 saturated heterocycles. The van der Waals surface area contributed by atoms with Crippen LogP contribution in [-0.4, -0.2) is 21.0 Å². The van der Waals surface area contributed by atoms with Gasteiger partial charge in [0.2, 0.25) is 5.82 Å². The van der Waals surface area contributed by atoms with Crippen LogP contribution in [0.4, 0.5) is 5.82 Å². The summed E-state index contributed by atoms with van der Waals surface area (Å²) >= 11 is 0. The van der Waals surface area contributed by atoms with E-state index in [0.717, 1.165) is 0 Å². The second-order valence-electron chi connectivity index (χ2n) is 2.85. The van der Waals surface area contributed by atoms with Crippen LogP contribution in [0.5, 0.6) is 0 Å². The molecule has 2 aromatic rings. The lowest BCUT2D eigenvalue weighted by Crippen LogP contribution is -2.15. The lowest BCUT2D eigenvalue weighted by molar-refractivity contribution is 0.101. The standard InChI is InChI=1S/C9H8N4O2/c1-6-5-7(13-15-6)12-9(14)8-10-3-2-4-11-8/h2-5H,1H3,(H,12,13,14). The van der Waals surface area contributed by atoms with Gasteiger partial charge in [-0.05, 0) is 13.0 Å². The Morgan fingerprint density at radius 2 is 2.13 bits per heavy atom. The van der Waals surface area contributed by atoms with Gasteiger partial charge < -0.3 is 9.84 Å². The van der Waals surface area contributed by atoms with E-state index in [-0.39, 0.29) is 5.82 Å². The molecule has 76 valence electrons. The molecule has 0 aliphatic heterocycles. The molecule has 6 nitrogen and oxygen atoms in total. The van der Waals surface area contributed by atoms with Crippen LogP contribution in [0.3, 0.4) is 0 Å². The molecule has 0 unspecified atom stereocenters. The van der Waals surface area contributed by atoms with Crippen molar-refractivity contribution < 1.29 is 9.32 Å². The molecule has 0 saturated carbocycles. The topological polar surface area (TPSA) is 80.9 Å². The summed E-state index contributed by atoms with van der Waals surface area (Å²) in [5.74, 6) is 0.659. The summed E-state index contributed by atoms with van der Waals surface area (Å²) in [6, 6.07) is 3.25. The number of anilines is 1. The second kappa shape index (κ2) is 3.87. The Labute approximate surface area is 85.3 Å². The summed E-state index contributed by atoms with van der Waals surface area (Å²) < 4.78 is 4.80. The van der Waals surface area contributed by atoms with Gasteiger partial charge in [-0.2, -0.15) is 0 Å². The second-order valence-corrected chi connectivity index (χ2v) is 2.85. The zero-order valence-corrected chi connectivity index (χ0v) is 7.97. The molecule has 1 N–H and O–H groups in total. The van der Waals surface area contributed by atoms with Crippen molar-refractivity contribution >= 4 is 11.7 Å². The Kier molecular flexibility index (Phi) is 2.40. The third-order valence-electron chi connectivity index (χ3n) is 1.64. The molecule has 15 heavy (non-hydrogen) atoms. The molecule has 0 atom stereocenters. The Morgan fingerprint density at radius 3 is 2.73 bits per heavy atom. The summed E-state index contributed by atoms with van der Waals surface area (Å²) in [7, 11) is 0. The molecular weight excluding hydrogens is 196 g/mol. The number of nitrogens with zero attached hydrogens (tertiary/aromatic N) is 3. The van der Waals surface area contributed by atoms with Gasteiger partial charge in [-0.25, -0.2) is 9.97 Å². The fraction of sp³-hybridized carbons (Fsp3) is 0.111. The van der Waals surface area contributed by atoms with Crippen molar-refractivity contribution in [2.24, 2.45) is 0 Å². The fourth-order valence-corrected chi connectivity index (χ4v) is 1.01. The smallest absolute Gasteiger partial charge is 0.294 e. The van der Waals surface area contributed by atoms with Gasteiger partial charge in [-0.3, -0.25) is 4.79 Å². The molecule has 0 aromatic carbocycles. The Hall–Kier alpha value is -2.24. The van der Waals surface area contributed by atoms with Gasteiger partial charge in [0.1, 0.15) is 5.76 Å². The molecule has 2 heterocycles. The molecule has 0 bridgehead atoms. The van der Waals surface area contributed by atoms with Crippen LogP contribution in [0.2, 0.25) is 0 Å². The molecule has 2 rings (SSSR count). The first kappa shape index (κ1) is 9.32. The van der Waals surface area contributed by atoms with E-state index in [1.165, 1.54) is 12.4 Å². The molecule has 0 fully saturated rings. The third kappa shape index (κ3) is 2.16. The van der Waals surface area contributed by atoms with Crippen molar-refractivity contribution in [2.75, 3.05) is 5.32 Å². The van der Waals surface area contributed by atoms with Crippen LogP contribution < -0.4 is 5.32 Å². The van der Waals surface area contributed by atoms with Gasteiger partial charge in [0, 0.05) is 18.5 Å². The highest BCUT2D eigenvalue weighted by Gasteiger charge is 2.10. The van der Waals surface area contributed by atoms with Crippen molar-refractivity contribution in [2.45, 2.75) is 6.92 Å². The molecule has 0 spiro atoms. The van der Waals surface area contributed by atoms with E-state index >= 15 is 0 Å². The largest absolute Gasteiger partial charge is 0.360 e. The fourth-order valence-electron chi connectivity index (χ4n) is 1.01. The normalized spacial score (nSPS) is 9.93. The number of carbonyl (C=O) groups excluding carboxylic acids is 1. The van der Waals surface area contributed by atoms with Gasteiger partial charge in [-0.1, -0.05) is 5.16 Å². The van der Waals surface area contributed by atoms with E-state index in [9.17, 15) is 4.79 Å². The minimum Gasteiger partial charge on any atom is -0.360 e. The summed E-state index contributed by atoms with van der Waals surface area (Å²) in [5.41, 5.74) is 0. The van der Waals surface area contributed by atoms with Crippen LogP contribution in [-0.2, 0) is 0 Å². The van der Waals surface area contributed by atoms with Crippen LogP contribution in [0.1, 0.15) is 16.4 Å². The van der Waals surface area contributed by atoms with Crippen molar-refractivity contribution in [1.29, 1.82) is 0 Å². The maximum absolute atomic E-state index is 11.5. The van der Waals surface area contributed by atoms with Crippen molar-refractivity contribution in [1.82, 2.24) is 15.1 Å². The van der Waals surface area contributed by atoms with Gasteiger partial charge in [0.05, 0.1) is 0 Å². The third-order valence-corrected chi connectivity index (χ3v) is 1.64. The van der Waals surface area contributed by atoms with Gasteiger partial charge in [0.15, 0.2) is 5.82 Å². The van der Waals surface area contributed by atoms with E-state index in [2.05, 4.69) is 20.4 Å². The van der Waals surface area contributed by atoms with Crippen LogP contribution in [0.15, 0.2) is 29.0 Å². The molecule has 0 radical (unpaired) electrons. The Bertz CT molecular complexity index is 466. The predicted octanol–water partition coefficient (Wildman–Crippen LogP) is 1.03. The van der Waals surface area contributed by atoms with E-state index in [1.54, 1.807) is 19.1 Å². The first-order chi connectivity index (χ1) is 7.25. The average molecular weight is 204 g/mol. The SMILES string of the molecule is Cc1cc(NC(=O)c2ncccn2)no1. The lowest BCUT2D eigenvalue weighted by atomic mass is 10.4. The molecule has 1 amide bonds. The Morgan fingerprint density at radius 1 is 1.40 bits per heavy atom. The highest BCUT2D eigenvalue weighted by Crippen LogP contribution is 2.07. The number of nitrogens with one attached hydrogen (secondary N) is 1. The summed E-state index contributed by atoms with van der Waals surface area (Å²) in [6.45, 7) is 1.74. The average Bonchev–Trinajstić information content (AvgIpc) is 2.65. The highest BCUT2D eigenvalue weighted by atomic mass is 16.5. The zero-order valence-electron chi connectivity index (χ0n) is 7.97. The van der Waals surface area contributed by atoms with Gasteiger partial charge in [-0.15, -0.1) is 0 Å². The minimum absolute atomic E-state index is 0.0955. The number of hydrogen-bond acceptors (Lipinski definition) is 5. The number of carbonyl (C=O) groups is 1. The number of aromatic nitrogens is 3. The number of hydrogen-bond donors (Lipinski definition) is 1. The van der Waals surface area contributed by atoms with E-state index in [1.807, 2.05) is 0 Å². The van der Waals surface area contributed by atoms with E-state index < -0.39 is 5.91 Å². The van der Waals surface area contributed by atoms with Crippen molar-refractivity contribution in [3.8, 4) is 0 Å². The zero-order chi connectivity index (χ0) is 10.7. The van der Waals surface area contributed by atoms with Crippen LogP contribution in [0, 0.1) is 6.92 Å². The molecule has 0 aliphatic carbocycles. The van der Waals surface area contributed by atoms with Gasteiger partial charge >= 0.3 is 0 Å². The monoisotopic (exact) mass is 204 g/mol. The summed E-state index contributed by atoms with van der Waals surface area (Å²) in [6.07, 6.45) is 2.99. The number of amides is 1. The molecule has 2 aromatic heterocycles. The van der Waals surface area contributed by atoms with Gasteiger partial charge in [0.25, 0.3) is 5.91 Å². The van der Waals surface area contributed by atoms with Crippen LogP contribution in [0.25, 0.3) is 0 Å². The number of aryl methyl sites for hydroxylation is 1. The summed E-state index contributed by atoms with van der Waals surface area (Å²) in [4.78, 5) is 19.1. The highest BCUT2D eigenvalue weighted by molar-refractivity contribution is 6.00. The first-order valence-corrected chi connectivity index (χ1v) is 4.27. The molecule has 6 heteroatoms. The predicted molar refractivity (Wildman–Crippen MR) is 51.2 cm³/mol. The maximum Gasteiger partial charge on any atom is 0.294 e. The molecular formula is C9H8N4O2. The minimum atomic E-state index is -0.413. The van der Waals surface area contributed by atoms with Crippen LogP contribution >= 0.6 is 0 Å².